The summed E-state index contributed by atoms with van der Waals surface area (Å²) >= 11 is 0. The van der Waals surface area contributed by atoms with Gasteiger partial charge in [0.15, 0.2) is 0 Å². The molecule has 0 fully saturated rings. The maximum absolute atomic E-state index is 11.7. The zero-order valence-electron chi connectivity index (χ0n) is 9.65. The van der Waals surface area contributed by atoms with E-state index in [9.17, 15) is 4.79 Å². The largest absolute Gasteiger partial charge is 0.456 e. The third-order valence-corrected chi connectivity index (χ3v) is 2.64. The molecule has 0 aliphatic carbocycles. The molecule has 1 heterocycles. The van der Waals surface area contributed by atoms with Gasteiger partial charge in [0, 0.05) is 12.4 Å². The first kappa shape index (κ1) is 11.7. The Kier molecular flexibility index (Phi) is 3.45. The zero-order chi connectivity index (χ0) is 11.5. The number of pyridine rings is 1. The molecule has 0 saturated carbocycles. The highest BCUT2D eigenvalue weighted by Gasteiger charge is 2.27. The molecule has 15 heavy (non-hydrogen) atoms. The third kappa shape index (κ3) is 3.05. The van der Waals surface area contributed by atoms with E-state index in [0.29, 0.717) is 5.56 Å². The molecule has 0 bridgehead atoms. The average molecular weight is 207 g/mol. The number of esters is 1. The van der Waals surface area contributed by atoms with Crippen LogP contribution in [0.5, 0.6) is 0 Å². The predicted molar refractivity (Wildman–Crippen MR) is 58.6 cm³/mol. The Hall–Kier alpha value is -1.38. The summed E-state index contributed by atoms with van der Waals surface area (Å²) in [6, 6.07) is 3.42. The highest BCUT2D eigenvalue weighted by atomic mass is 16.6. The maximum atomic E-state index is 11.7. The van der Waals surface area contributed by atoms with Crippen molar-refractivity contribution >= 4 is 5.97 Å². The molecule has 0 saturated heterocycles. The number of rotatable bonds is 3. The van der Waals surface area contributed by atoms with Crippen LogP contribution in [-0.2, 0) is 4.74 Å². The van der Waals surface area contributed by atoms with Crippen LogP contribution in [0.4, 0.5) is 0 Å². The second-order valence-corrected chi connectivity index (χ2v) is 4.39. The van der Waals surface area contributed by atoms with Crippen molar-refractivity contribution < 1.29 is 9.53 Å². The second-order valence-electron chi connectivity index (χ2n) is 4.39. The molecule has 0 aromatic carbocycles. The molecule has 0 aliphatic rings. The van der Waals surface area contributed by atoms with E-state index in [1.54, 1.807) is 18.3 Å². The van der Waals surface area contributed by atoms with Gasteiger partial charge in [0.05, 0.1) is 5.56 Å². The number of hydrogen-bond acceptors (Lipinski definition) is 3. The fourth-order valence-corrected chi connectivity index (χ4v) is 0.899. The molecule has 3 heteroatoms. The number of ether oxygens (including phenoxy) is 1. The number of aromatic nitrogens is 1. The van der Waals surface area contributed by atoms with Crippen LogP contribution in [0, 0.1) is 5.92 Å². The van der Waals surface area contributed by atoms with Gasteiger partial charge >= 0.3 is 5.97 Å². The van der Waals surface area contributed by atoms with Gasteiger partial charge < -0.3 is 4.74 Å². The number of hydrogen-bond donors (Lipinski definition) is 0. The second kappa shape index (κ2) is 4.43. The number of carbonyl (C=O) groups is 1. The summed E-state index contributed by atoms with van der Waals surface area (Å²) in [5.41, 5.74) is 0.0404. The van der Waals surface area contributed by atoms with Gasteiger partial charge in [-0.05, 0) is 31.9 Å². The fraction of sp³-hybridized carbons (Fsp3) is 0.500. The van der Waals surface area contributed by atoms with Gasteiger partial charge in [0.2, 0.25) is 0 Å². The quantitative estimate of drug-likeness (QED) is 0.715. The van der Waals surface area contributed by atoms with Gasteiger partial charge in [-0.25, -0.2) is 4.79 Å². The number of carbonyl (C=O) groups excluding carboxylic acids is 1. The maximum Gasteiger partial charge on any atom is 0.340 e. The molecule has 1 rings (SSSR count). The van der Waals surface area contributed by atoms with Crippen LogP contribution in [0.3, 0.4) is 0 Å². The van der Waals surface area contributed by atoms with Crippen molar-refractivity contribution in [2.24, 2.45) is 5.92 Å². The van der Waals surface area contributed by atoms with Crippen molar-refractivity contribution in [3.8, 4) is 0 Å². The lowest BCUT2D eigenvalue weighted by atomic mass is 9.94. The summed E-state index contributed by atoms with van der Waals surface area (Å²) in [5, 5.41) is 0. The van der Waals surface area contributed by atoms with E-state index in [2.05, 4.69) is 4.98 Å². The van der Waals surface area contributed by atoms with Gasteiger partial charge in [0.1, 0.15) is 5.60 Å². The minimum Gasteiger partial charge on any atom is -0.456 e. The highest BCUT2D eigenvalue weighted by molar-refractivity contribution is 5.89. The van der Waals surface area contributed by atoms with Crippen LogP contribution in [0.1, 0.15) is 38.1 Å². The van der Waals surface area contributed by atoms with Crippen molar-refractivity contribution in [1.82, 2.24) is 4.98 Å². The molecule has 0 N–H and O–H groups in total. The van der Waals surface area contributed by atoms with E-state index in [1.165, 1.54) is 6.20 Å². The monoisotopic (exact) mass is 207 g/mol. The van der Waals surface area contributed by atoms with Crippen molar-refractivity contribution in [3.05, 3.63) is 30.1 Å². The highest BCUT2D eigenvalue weighted by Crippen LogP contribution is 2.21. The summed E-state index contributed by atoms with van der Waals surface area (Å²) in [4.78, 5) is 15.6. The molecule has 3 nitrogen and oxygen atoms in total. The van der Waals surface area contributed by atoms with Crippen molar-refractivity contribution in [2.45, 2.75) is 33.3 Å². The Morgan fingerprint density at radius 1 is 1.47 bits per heavy atom. The Bertz CT molecular complexity index is 331. The smallest absolute Gasteiger partial charge is 0.340 e. The Morgan fingerprint density at radius 2 is 2.13 bits per heavy atom. The van der Waals surface area contributed by atoms with Crippen molar-refractivity contribution in [1.29, 1.82) is 0 Å². The predicted octanol–water partition coefficient (Wildman–Crippen LogP) is 2.67. The van der Waals surface area contributed by atoms with E-state index in [4.69, 9.17) is 4.74 Å². The standard InChI is InChI=1S/C12H17NO2/c1-9(2)12(3,4)15-11(14)10-6-5-7-13-8-10/h5-9H,1-4H3. The molecule has 0 spiro atoms. The first-order valence-electron chi connectivity index (χ1n) is 5.07. The molecule has 0 amide bonds. The van der Waals surface area contributed by atoms with Crippen LogP contribution in [-0.4, -0.2) is 16.6 Å². The van der Waals surface area contributed by atoms with Crippen LogP contribution in [0.25, 0.3) is 0 Å². The molecular weight excluding hydrogens is 190 g/mol. The normalized spacial score (nSPS) is 11.5. The Morgan fingerprint density at radius 3 is 2.60 bits per heavy atom. The van der Waals surface area contributed by atoms with Crippen molar-refractivity contribution in [2.75, 3.05) is 0 Å². The Labute approximate surface area is 90.5 Å². The summed E-state index contributed by atoms with van der Waals surface area (Å²) in [6.45, 7) is 7.87. The lowest BCUT2D eigenvalue weighted by Gasteiger charge is -2.29. The van der Waals surface area contributed by atoms with E-state index in [-0.39, 0.29) is 11.9 Å². The van der Waals surface area contributed by atoms with E-state index < -0.39 is 5.60 Å². The molecule has 82 valence electrons. The van der Waals surface area contributed by atoms with E-state index >= 15 is 0 Å². The van der Waals surface area contributed by atoms with Gasteiger partial charge in [-0.2, -0.15) is 0 Å². The molecule has 0 radical (unpaired) electrons. The summed E-state index contributed by atoms with van der Waals surface area (Å²) in [5.74, 6) is -0.0417. The van der Waals surface area contributed by atoms with Crippen molar-refractivity contribution in [3.63, 3.8) is 0 Å². The van der Waals surface area contributed by atoms with Gasteiger partial charge in [0.25, 0.3) is 0 Å². The molecule has 0 aliphatic heterocycles. The molecular formula is C12H17NO2. The molecule has 0 atom stereocenters. The van der Waals surface area contributed by atoms with Crippen LogP contribution < -0.4 is 0 Å². The zero-order valence-corrected chi connectivity index (χ0v) is 9.65. The molecule has 1 aromatic rings. The molecule has 0 unspecified atom stereocenters. The van der Waals surface area contributed by atoms with E-state index in [1.807, 2.05) is 27.7 Å². The third-order valence-electron chi connectivity index (χ3n) is 2.64. The minimum absolute atomic E-state index is 0.276. The fourth-order valence-electron chi connectivity index (χ4n) is 0.899. The summed E-state index contributed by atoms with van der Waals surface area (Å²) < 4.78 is 5.41. The van der Waals surface area contributed by atoms with E-state index in [0.717, 1.165) is 0 Å². The topological polar surface area (TPSA) is 39.2 Å². The summed E-state index contributed by atoms with van der Waals surface area (Å²) in [7, 11) is 0. The van der Waals surface area contributed by atoms with Gasteiger partial charge in [-0.1, -0.05) is 13.8 Å². The Balaban J connectivity index is 2.73. The van der Waals surface area contributed by atoms with Crippen LogP contribution >= 0.6 is 0 Å². The molecule has 1 aromatic heterocycles. The van der Waals surface area contributed by atoms with Crippen LogP contribution in [0.2, 0.25) is 0 Å². The van der Waals surface area contributed by atoms with Crippen LogP contribution in [0.15, 0.2) is 24.5 Å². The summed E-state index contributed by atoms with van der Waals surface area (Å²) in [6.07, 6.45) is 3.14. The number of nitrogens with zero attached hydrogens (tertiary/aromatic N) is 1. The SMILES string of the molecule is CC(C)C(C)(C)OC(=O)c1cccnc1. The first-order chi connectivity index (χ1) is 6.93. The first-order valence-corrected chi connectivity index (χ1v) is 5.07. The minimum atomic E-state index is -0.451. The average Bonchev–Trinajstić information content (AvgIpc) is 2.18. The van der Waals surface area contributed by atoms with Gasteiger partial charge in [-0.3, -0.25) is 4.98 Å². The van der Waals surface area contributed by atoms with Gasteiger partial charge in [-0.15, -0.1) is 0 Å². The lowest BCUT2D eigenvalue weighted by molar-refractivity contribution is -0.0223. The lowest BCUT2D eigenvalue weighted by Crippen LogP contribution is -2.33.